The van der Waals surface area contributed by atoms with E-state index in [0.29, 0.717) is 12.1 Å². The summed E-state index contributed by atoms with van der Waals surface area (Å²) >= 11 is 0. The van der Waals surface area contributed by atoms with Gasteiger partial charge < -0.3 is 5.73 Å². The second-order valence-corrected chi connectivity index (χ2v) is 6.17. The zero-order valence-corrected chi connectivity index (χ0v) is 12.3. The van der Waals surface area contributed by atoms with Crippen molar-refractivity contribution < 1.29 is 4.79 Å². The first-order valence-corrected chi connectivity index (χ1v) is 6.84. The fourth-order valence-electron chi connectivity index (χ4n) is 2.15. The highest BCUT2D eigenvalue weighted by molar-refractivity contribution is 5.97. The molecule has 0 aromatic heterocycles. The van der Waals surface area contributed by atoms with Gasteiger partial charge in [-0.3, -0.25) is 4.79 Å². The molecule has 2 N–H and O–H groups in total. The van der Waals surface area contributed by atoms with Crippen LogP contribution in [0.3, 0.4) is 0 Å². The number of hydrogen-bond acceptors (Lipinski definition) is 2. The molecule has 104 valence electrons. The van der Waals surface area contributed by atoms with Gasteiger partial charge in [-0.2, -0.15) is 0 Å². The van der Waals surface area contributed by atoms with Crippen LogP contribution < -0.4 is 5.73 Å². The van der Waals surface area contributed by atoms with Gasteiger partial charge in [0.1, 0.15) is 0 Å². The first kappa shape index (κ1) is 14.3. The van der Waals surface area contributed by atoms with Crippen molar-refractivity contribution >= 4 is 11.5 Å². The van der Waals surface area contributed by atoms with Crippen LogP contribution in [0, 0.1) is 0 Å². The molecule has 0 atom stereocenters. The minimum Gasteiger partial charge on any atom is -0.399 e. The molecule has 0 aliphatic rings. The lowest BCUT2D eigenvalue weighted by atomic mass is 9.86. The van der Waals surface area contributed by atoms with Crippen molar-refractivity contribution in [1.29, 1.82) is 0 Å². The summed E-state index contributed by atoms with van der Waals surface area (Å²) in [7, 11) is 0. The first-order valence-electron chi connectivity index (χ1n) is 6.84. The van der Waals surface area contributed by atoms with Crippen LogP contribution in [-0.4, -0.2) is 5.78 Å². The second-order valence-electron chi connectivity index (χ2n) is 6.17. The van der Waals surface area contributed by atoms with E-state index < -0.39 is 0 Å². The van der Waals surface area contributed by atoms with Gasteiger partial charge >= 0.3 is 0 Å². The van der Waals surface area contributed by atoms with E-state index in [9.17, 15) is 4.79 Å². The quantitative estimate of drug-likeness (QED) is 0.675. The van der Waals surface area contributed by atoms with Crippen molar-refractivity contribution in [3.05, 3.63) is 65.2 Å². The fourth-order valence-corrected chi connectivity index (χ4v) is 2.15. The van der Waals surface area contributed by atoms with Gasteiger partial charge in [0.05, 0.1) is 0 Å². The molecule has 0 fully saturated rings. The van der Waals surface area contributed by atoms with Crippen LogP contribution in [0.25, 0.3) is 0 Å². The van der Waals surface area contributed by atoms with Gasteiger partial charge in [0, 0.05) is 17.7 Å². The van der Waals surface area contributed by atoms with E-state index >= 15 is 0 Å². The molecule has 2 heteroatoms. The van der Waals surface area contributed by atoms with Crippen LogP contribution in [0.5, 0.6) is 0 Å². The van der Waals surface area contributed by atoms with Gasteiger partial charge in [0.25, 0.3) is 0 Å². The average molecular weight is 267 g/mol. The Morgan fingerprint density at radius 3 is 2.25 bits per heavy atom. The Bertz CT molecular complexity index is 606. The molecule has 2 aromatic rings. The molecule has 0 bridgehead atoms. The van der Waals surface area contributed by atoms with Gasteiger partial charge in [-0.25, -0.2) is 0 Å². The smallest absolute Gasteiger partial charge is 0.167 e. The third kappa shape index (κ3) is 3.47. The van der Waals surface area contributed by atoms with Gasteiger partial charge in [-0.1, -0.05) is 57.2 Å². The van der Waals surface area contributed by atoms with E-state index in [-0.39, 0.29) is 11.2 Å². The molecule has 2 nitrogen and oxygen atoms in total. The van der Waals surface area contributed by atoms with Crippen LogP contribution in [0.15, 0.2) is 48.5 Å². The highest BCUT2D eigenvalue weighted by Gasteiger charge is 2.14. The fraction of sp³-hybridized carbons (Fsp3) is 0.278. The standard InChI is InChI=1S/C18H21NO/c1-18(2,3)15-9-7-14(8-10-15)17(20)12-13-5-4-6-16(19)11-13/h4-11H,12,19H2,1-3H3. The zero-order chi connectivity index (χ0) is 14.8. The molecule has 0 aliphatic carbocycles. The number of rotatable bonds is 3. The van der Waals surface area contributed by atoms with Crippen molar-refractivity contribution in [2.75, 3.05) is 5.73 Å². The molecule has 2 aromatic carbocycles. The maximum absolute atomic E-state index is 12.2. The first-order chi connectivity index (χ1) is 9.36. The minimum absolute atomic E-state index is 0.107. The highest BCUT2D eigenvalue weighted by Crippen LogP contribution is 2.22. The van der Waals surface area contributed by atoms with Crippen molar-refractivity contribution in [3.63, 3.8) is 0 Å². The van der Waals surface area contributed by atoms with Crippen molar-refractivity contribution in [2.24, 2.45) is 0 Å². The summed E-state index contributed by atoms with van der Waals surface area (Å²) in [5.74, 6) is 0.121. The maximum atomic E-state index is 12.2. The summed E-state index contributed by atoms with van der Waals surface area (Å²) < 4.78 is 0. The van der Waals surface area contributed by atoms with Gasteiger partial charge in [-0.05, 0) is 28.7 Å². The van der Waals surface area contributed by atoms with Crippen molar-refractivity contribution in [1.82, 2.24) is 0 Å². The van der Waals surface area contributed by atoms with Crippen molar-refractivity contribution in [2.45, 2.75) is 32.6 Å². The summed E-state index contributed by atoms with van der Waals surface area (Å²) in [4.78, 5) is 12.2. The number of nitrogen functional groups attached to an aromatic ring is 1. The lowest BCUT2D eigenvalue weighted by Gasteiger charge is -2.19. The number of anilines is 1. The lowest BCUT2D eigenvalue weighted by molar-refractivity contribution is 0.0993. The number of carbonyl (C=O) groups is 1. The van der Waals surface area contributed by atoms with E-state index in [0.717, 1.165) is 11.1 Å². The molecule has 0 spiro atoms. The minimum atomic E-state index is 0.107. The molecule has 0 unspecified atom stereocenters. The van der Waals surface area contributed by atoms with Crippen molar-refractivity contribution in [3.8, 4) is 0 Å². The Labute approximate surface area is 120 Å². The Hall–Kier alpha value is -2.09. The molecule has 0 radical (unpaired) electrons. The van der Waals surface area contributed by atoms with E-state index in [1.165, 1.54) is 5.56 Å². The Morgan fingerprint density at radius 1 is 1.05 bits per heavy atom. The maximum Gasteiger partial charge on any atom is 0.167 e. The third-order valence-corrected chi connectivity index (χ3v) is 3.39. The molecule has 2 rings (SSSR count). The summed E-state index contributed by atoms with van der Waals surface area (Å²) in [6.45, 7) is 6.49. The number of carbonyl (C=O) groups excluding carboxylic acids is 1. The molecule has 0 saturated carbocycles. The second kappa shape index (κ2) is 5.49. The van der Waals surface area contributed by atoms with E-state index in [4.69, 9.17) is 5.73 Å². The molecular weight excluding hydrogens is 246 g/mol. The largest absolute Gasteiger partial charge is 0.399 e. The number of benzene rings is 2. The number of nitrogens with two attached hydrogens (primary N) is 1. The van der Waals surface area contributed by atoms with Crippen LogP contribution in [0.4, 0.5) is 5.69 Å². The lowest BCUT2D eigenvalue weighted by Crippen LogP contribution is -2.11. The summed E-state index contributed by atoms with van der Waals surface area (Å²) in [5.41, 5.74) is 9.47. The molecule has 0 heterocycles. The Kier molecular flexibility index (Phi) is 3.93. The third-order valence-electron chi connectivity index (χ3n) is 3.39. The highest BCUT2D eigenvalue weighted by atomic mass is 16.1. The molecule has 0 amide bonds. The van der Waals surface area contributed by atoms with Gasteiger partial charge in [0.15, 0.2) is 5.78 Å². The predicted octanol–water partition coefficient (Wildman–Crippen LogP) is 3.99. The predicted molar refractivity (Wildman–Crippen MR) is 84.0 cm³/mol. The topological polar surface area (TPSA) is 43.1 Å². The average Bonchev–Trinajstić information content (AvgIpc) is 2.38. The SMILES string of the molecule is CC(C)(C)c1ccc(C(=O)Cc2cccc(N)c2)cc1. The Morgan fingerprint density at radius 2 is 1.70 bits per heavy atom. The number of hydrogen-bond donors (Lipinski definition) is 1. The van der Waals surface area contributed by atoms with Gasteiger partial charge in [0.2, 0.25) is 0 Å². The molecule has 0 saturated heterocycles. The summed E-state index contributed by atoms with van der Waals surface area (Å²) in [6, 6.07) is 15.4. The monoisotopic (exact) mass is 267 g/mol. The molecular formula is C18H21NO. The number of Topliss-reactive ketones (excluding diaryl/α,β-unsaturated/α-hetero) is 1. The Balaban J connectivity index is 2.14. The van der Waals surface area contributed by atoms with Crippen LogP contribution in [-0.2, 0) is 11.8 Å². The summed E-state index contributed by atoms with van der Waals surface area (Å²) in [6.07, 6.45) is 0.389. The van der Waals surface area contributed by atoms with Crippen LogP contribution in [0.2, 0.25) is 0 Å². The number of ketones is 1. The van der Waals surface area contributed by atoms with E-state index in [2.05, 4.69) is 20.8 Å². The zero-order valence-electron chi connectivity index (χ0n) is 12.3. The van der Waals surface area contributed by atoms with Crippen LogP contribution >= 0.6 is 0 Å². The van der Waals surface area contributed by atoms with Gasteiger partial charge in [-0.15, -0.1) is 0 Å². The molecule has 20 heavy (non-hydrogen) atoms. The summed E-state index contributed by atoms with van der Waals surface area (Å²) in [5, 5.41) is 0. The normalized spacial score (nSPS) is 11.3. The van der Waals surface area contributed by atoms with E-state index in [1.54, 1.807) is 0 Å². The van der Waals surface area contributed by atoms with E-state index in [1.807, 2.05) is 48.5 Å². The molecule has 0 aliphatic heterocycles. The van der Waals surface area contributed by atoms with Crippen LogP contribution in [0.1, 0.15) is 42.3 Å².